The lowest BCUT2D eigenvalue weighted by Crippen LogP contribution is -2.35. The Morgan fingerprint density at radius 3 is 3.06 bits per heavy atom. The van der Waals surface area contributed by atoms with Crippen molar-refractivity contribution in [2.24, 2.45) is 0 Å². The third-order valence-corrected chi connectivity index (χ3v) is 3.43. The summed E-state index contributed by atoms with van der Waals surface area (Å²) in [5.41, 5.74) is 1.48. The molecule has 0 saturated carbocycles. The van der Waals surface area contributed by atoms with Gasteiger partial charge in [-0.1, -0.05) is 6.07 Å². The highest BCUT2D eigenvalue weighted by molar-refractivity contribution is 8.00. The molecule has 1 amide bonds. The molecule has 0 aromatic heterocycles. The number of amides is 1. The van der Waals surface area contributed by atoms with E-state index in [1.165, 1.54) is 16.7 Å². The number of rotatable bonds is 2. The van der Waals surface area contributed by atoms with Gasteiger partial charge in [0.2, 0.25) is 5.91 Å². The Labute approximate surface area is 97.5 Å². The lowest BCUT2D eigenvalue weighted by Gasteiger charge is -2.27. The number of nitriles is 1. The highest BCUT2D eigenvalue weighted by atomic mass is 32.2. The van der Waals surface area contributed by atoms with Crippen molar-refractivity contribution in [2.75, 3.05) is 17.2 Å². The van der Waals surface area contributed by atoms with E-state index in [4.69, 9.17) is 10.4 Å². The van der Waals surface area contributed by atoms with E-state index in [9.17, 15) is 4.79 Å². The van der Waals surface area contributed by atoms with E-state index >= 15 is 0 Å². The fourth-order valence-corrected chi connectivity index (χ4v) is 2.51. The first-order chi connectivity index (χ1) is 7.76. The lowest BCUT2D eigenvalue weighted by molar-refractivity contribution is -0.116. The predicted molar refractivity (Wildman–Crippen MR) is 61.1 cm³/mol. The summed E-state index contributed by atoms with van der Waals surface area (Å²) in [6.45, 7) is -0.00614. The molecule has 0 saturated heterocycles. The lowest BCUT2D eigenvalue weighted by atomic mass is 10.2. The zero-order valence-corrected chi connectivity index (χ0v) is 9.33. The molecule has 4 nitrogen and oxygen atoms in total. The van der Waals surface area contributed by atoms with Gasteiger partial charge in [-0.3, -0.25) is 9.69 Å². The minimum atomic E-state index is -0.0630. The molecule has 0 aliphatic carbocycles. The Kier molecular flexibility index (Phi) is 3.13. The maximum absolute atomic E-state index is 11.6. The second-order valence-corrected chi connectivity index (χ2v) is 4.40. The summed E-state index contributed by atoms with van der Waals surface area (Å²) < 4.78 is 0. The highest BCUT2D eigenvalue weighted by Crippen LogP contribution is 2.35. The number of aliphatic hydroxyl groups excluding tert-OH is 1. The van der Waals surface area contributed by atoms with Crippen LogP contribution < -0.4 is 4.90 Å². The SMILES string of the molecule is N#CCN1C(=O)CSc2ccc(CO)cc21. The maximum atomic E-state index is 11.6. The fourth-order valence-electron chi connectivity index (χ4n) is 1.59. The molecule has 1 aromatic rings. The molecule has 0 bridgehead atoms. The van der Waals surface area contributed by atoms with Gasteiger partial charge < -0.3 is 5.11 Å². The average molecular weight is 234 g/mol. The van der Waals surface area contributed by atoms with Crippen molar-refractivity contribution in [3.05, 3.63) is 23.8 Å². The van der Waals surface area contributed by atoms with Crippen LogP contribution in [-0.2, 0) is 11.4 Å². The van der Waals surface area contributed by atoms with Crippen molar-refractivity contribution in [1.29, 1.82) is 5.26 Å². The van der Waals surface area contributed by atoms with Gasteiger partial charge in [-0.15, -0.1) is 11.8 Å². The topological polar surface area (TPSA) is 64.3 Å². The zero-order valence-electron chi connectivity index (χ0n) is 8.51. The molecule has 0 fully saturated rings. The minimum Gasteiger partial charge on any atom is -0.392 e. The van der Waals surface area contributed by atoms with E-state index in [1.54, 1.807) is 6.07 Å². The Balaban J connectivity index is 2.44. The number of fused-ring (bicyclic) bond motifs is 1. The standard InChI is InChI=1S/C11H10N2O2S/c12-3-4-13-9-5-8(6-14)1-2-10(9)16-7-11(13)15/h1-2,5,14H,4,6-7H2. The van der Waals surface area contributed by atoms with Gasteiger partial charge in [-0.05, 0) is 17.7 Å². The van der Waals surface area contributed by atoms with Gasteiger partial charge in [0.15, 0.2) is 0 Å². The van der Waals surface area contributed by atoms with Gasteiger partial charge in [0.1, 0.15) is 6.54 Å². The summed E-state index contributed by atoms with van der Waals surface area (Å²) in [4.78, 5) is 14.1. The minimum absolute atomic E-state index is 0.0568. The van der Waals surface area contributed by atoms with Crippen LogP contribution in [0.15, 0.2) is 23.1 Å². The van der Waals surface area contributed by atoms with E-state index in [-0.39, 0.29) is 19.1 Å². The first-order valence-corrected chi connectivity index (χ1v) is 5.78. The first-order valence-electron chi connectivity index (χ1n) is 4.80. The number of carbonyl (C=O) groups excluding carboxylic acids is 1. The maximum Gasteiger partial charge on any atom is 0.238 e. The van der Waals surface area contributed by atoms with Crippen molar-refractivity contribution < 1.29 is 9.90 Å². The monoisotopic (exact) mass is 234 g/mol. The second kappa shape index (κ2) is 4.56. The number of thioether (sulfide) groups is 1. The van der Waals surface area contributed by atoms with E-state index < -0.39 is 0 Å². The van der Waals surface area contributed by atoms with Crippen LogP contribution in [0, 0.1) is 11.3 Å². The van der Waals surface area contributed by atoms with Gasteiger partial charge >= 0.3 is 0 Å². The number of benzene rings is 1. The number of carbonyl (C=O) groups is 1. The van der Waals surface area contributed by atoms with Gasteiger partial charge in [0.25, 0.3) is 0 Å². The van der Waals surface area contributed by atoms with Crippen molar-refractivity contribution in [3.8, 4) is 6.07 Å². The van der Waals surface area contributed by atoms with Gasteiger partial charge in [-0.2, -0.15) is 5.26 Å². The number of hydrogen-bond donors (Lipinski definition) is 1. The summed E-state index contributed by atoms with van der Waals surface area (Å²) in [7, 11) is 0. The second-order valence-electron chi connectivity index (χ2n) is 3.39. The Hall–Kier alpha value is -1.51. The van der Waals surface area contributed by atoms with Gasteiger partial charge in [0.05, 0.1) is 24.1 Å². The van der Waals surface area contributed by atoms with Crippen molar-refractivity contribution in [1.82, 2.24) is 0 Å². The number of nitrogens with zero attached hydrogens (tertiary/aromatic N) is 2. The summed E-state index contributed by atoms with van der Waals surface area (Å²) in [6, 6.07) is 7.44. The first kappa shape index (κ1) is 11.0. The van der Waals surface area contributed by atoms with Crippen LogP contribution in [0.2, 0.25) is 0 Å². The van der Waals surface area contributed by atoms with Crippen LogP contribution in [-0.4, -0.2) is 23.3 Å². The van der Waals surface area contributed by atoms with Gasteiger partial charge in [-0.25, -0.2) is 0 Å². The Bertz CT molecular complexity index is 468. The molecule has 0 spiro atoms. The van der Waals surface area contributed by atoms with E-state index in [2.05, 4.69) is 0 Å². The fraction of sp³-hybridized carbons (Fsp3) is 0.273. The Morgan fingerprint density at radius 1 is 1.56 bits per heavy atom. The van der Waals surface area contributed by atoms with E-state index in [1.807, 2.05) is 18.2 Å². The molecule has 2 rings (SSSR count). The molecule has 5 heteroatoms. The summed E-state index contributed by atoms with van der Waals surface area (Å²) >= 11 is 1.46. The van der Waals surface area contributed by atoms with E-state index in [0.29, 0.717) is 5.75 Å². The normalized spacial score (nSPS) is 14.5. The van der Waals surface area contributed by atoms with Gasteiger partial charge in [0, 0.05) is 4.90 Å². The third-order valence-electron chi connectivity index (χ3n) is 2.38. The molecule has 82 valence electrons. The van der Waals surface area contributed by atoms with Crippen molar-refractivity contribution in [2.45, 2.75) is 11.5 Å². The third kappa shape index (κ3) is 1.90. The quantitative estimate of drug-likeness (QED) is 0.779. The largest absolute Gasteiger partial charge is 0.392 e. The molecule has 1 aliphatic heterocycles. The van der Waals surface area contributed by atoms with Crippen LogP contribution in [0.3, 0.4) is 0 Å². The predicted octanol–water partition coefficient (Wildman–Crippen LogP) is 1.14. The van der Waals surface area contributed by atoms with Crippen LogP contribution in [0.25, 0.3) is 0 Å². The number of anilines is 1. The summed E-state index contributed by atoms with van der Waals surface area (Å²) in [6.07, 6.45) is 0. The average Bonchev–Trinajstić information content (AvgIpc) is 2.32. The molecule has 0 unspecified atom stereocenters. The van der Waals surface area contributed by atoms with Crippen LogP contribution in [0.4, 0.5) is 5.69 Å². The highest BCUT2D eigenvalue weighted by Gasteiger charge is 2.24. The Morgan fingerprint density at radius 2 is 2.38 bits per heavy atom. The molecule has 1 aliphatic rings. The molecule has 0 radical (unpaired) electrons. The van der Waals surface area contributed by atoms with E-state index in [0.717, 1.165) is 16.1 Å². The van der Waals surface area contributed by atoms with Crippen LogP contribution >= 0.6 is 11.8 Å². The molecular formula is C11H10N2O2S. The van der Waals surface area contributed by atoms with Crippen molar-refractivity contribution in [3.63, 3.8) is 0 Å². The summed E-state index contributed by atoms with van der Waals surface area (Å²) in [5.74, 6) is 0.307. The smallest absolute Gasteiger partial charge is 0.238 e. The zero-order chi connectivity index (χ0) is 11.5. The number of hydrogen-bond acceptors (Lipinski definition) is 4. The van der Waals surface area contributed by atoms with Crippen LogP contribution in [0.5, 0.6) is 0 Å². The number of aliphatic hydroxyl groups is 1. The molecular weight excluding hydrogens is 224 g/mol. The molecule has 1 heterocycles. The molecule has 1 aromatic carbocycles. The molecule has 16 heavy (non-hydrogen) atoms. The molecule has 0 atom stereocenters. The summed E-state index contributed by atoms with van der Waals surface area (Å²) in [5, 5.41) is 17.7. The van der Waals surface area contributed by atoms with Crippen LogP contribution in [0.1, 0.15) is 5.56 Å². The molecule has 1 N–H and O–H groups in total. The van der Waals surface area contributed by atoms with Crippen molar-refractivity contribution >= 4 is 23.4 Å².